The molecule has 8 heteroatoms. The van der Waals surface area contributed by atoms with Crippen molar-refractivity contribution in [2.24, 2.45) is 17.8 Å². The van der Waals surface area contributed by atoms with Gasteiger partial charge in [0, 0.05) is 13.1 Å². The van der Waals surface area contributed by atoms with E-state index >= 15 is 0 Å². The number of carbonyl (C=O) groups excluding carboxylic acids is 4. The van der Waals surface area contributed by atoms with Gasteiger partial charge in [-0.3, -0.25) is 19.2 Å². The second kappa shape index (κ2) is 10.4. The Hall–Kier alpha value is -1.96. The van der Waals surface area contributed by atoms with Crippen molar-refractivity contribution < 1.29 is 33.4 Å². The topological polar surface area (TPSA) is 99.2 Å². The van der Waals surface area contributed by atoms with Crippen LogP contribution in [0.1, 0.15) is 61.8 Å². The fraction of sp³-hybridized carbons (Fsp3) is 0.818. The van der Waals surface area contributed by atoms with Crippen molar-refractivity contribution in [2.75, 3.05) is 26.3 Å². The van der Waals surface area contributed by atoms with Crippen molar-refractivity contribution in [2.45, 2.75) is 73.0 Å². The number of hydrogen-bond acceptors (Lipinski definition) is 7. The van der Waals surface area contributed by atoms with E-state index in [1.807, 2.05) is 13.8 Å². The molecule has 1 heterocycles. The highest BCUT2D eigenvalue weighted by Crippen LogP contribution is 2.28. The summed E-state index contributed by atoms with van der Waals surface area (Å²) in [4.78, 5) is 53.5. The molecule has 172 valence electrons. The molecule has 0 bridgehead atoms. The van der Waals surface area contributed by atoms with Gasteiger partial charge in [-0.1, -0.05) is 13.8 Å². The summed E-state index contributed by atoms with van der Waals surface area (Å²) in [6.07, 6.45) is 0.179. The Bertz CT molecular complexity index is 609. The Morgan fingerprint density at radius 1 is 0.867 bits per heavy atom. The Balaban J connectivity index is 3.29. The molecule has 1 rings (SSSR count). The normalized spacial score (nSPS) is 16.4. The van der Waals surface area contributed by atoms with E-state index in [2.05, 4.69) is 0 Å². The van der Waals surface area contributed by atoms with Gasteiger partial charge >= 0.3 is 11.9 Å². The lowest BCUT2D eigenvalue weighted by atomic mass is 9.81. The number of hydrogen-bond donors (Lipinski definition) is 0. The Morgan fingerprint density at radius 2 is 1.30 bits per heavy atom. The van der Waals surface area contributed by atoms with Crippen molar-refractivity contribution in [3.8, 4) is 0 Å². The average molecular weight is 428 g/mol. The predicted molar refractivity (Wildman–Crippen MR) is 111 cm³/mol. The summed E-state index contributed by atoms with van der Waals surface area (Å²) >= 11 is 0. The summed E-state index contributed by atoms with van der Waals surface area (Å²) in [5.41, 5.74) is -1.73. The molecule has 1 fully saturated rings. The molecule has 0 aliphatic carbocycles. The van der Waals surface area contributed by atoms with Crippen LogP contribution in [0.15, 0.2) is 0 Å². The van der Waals surface area contributed by atoms with Crippen molar-refractivity contribution in [1.29, 1.82) is 0 Å². The summed E-state index contributed by atoms with van der Waals surface area (Å²) in [6.45, 7) is 15.1. The quantitative estimate of drug-likeness (QED) is 0.349. The number of amides is 1. The van der Waals surface area contributed by atoms with Gasteiger partial charge in [0.25, 0.3) is 5.91 Å². The lowest BCUT2D eigenvalue weighted by Crippen LogP contribution is -2.50. The third kappa shape index (κ3) is 8.42. The SMILES string of the molecule is CC(C)C[C@@H](C(=O)C(=O)N1CCOCC1)C(C(=O)OC(C)(C)C)C(=O)OC(C)(C)C. The smallest absolute Gasteiger partial charge is 0.321 e. The zero-order valence-corrected chi connectivity index (χ0v) is 19.6. The Kier molecular flexibility index (Phi) is 9.02. The molecule has 1 saturated heterocycles. The standard InChI is InChI=1S/C22H37NO7/c1-14(2)13-15(17(24)18(25)23-9-11-28-12-10-23)16(19(26)29-21(3,4)5)20(27)30-22(6,7)8/h14-16H,9-13H2,1-8H3/t15-/m1/s1. The molecule has 8 nitrogen and oxygen atoms in total. The van der Waals surface area contributed by atoms with Gasteiger partial charge in [-0.2, -0.15) is 0 Å². The van der Waals surface area contributed by atoms with Gasteiger partial charge in [-0.05, 0) is 53.9 Å². The third-order valence-electron chi connectivity index (χ3n) is 4.29. The van der Waals surface area contributed by atoms with Crippen molar-refractivity contribution in [3.63, 3.8) is 0 Å². The van der Waals surface area contributed by atoms with Crippen molar-refractivity contribution in [1.82, 2.24) is 4.90 Å². The number of Topliss-reactive ketones (excluding diaryl/α,β-unsaturated/α-hetero) is 1. The van der Waals surface area contributed by atoms with Gasteiger partial charge in [0.1, 0.15) is 11.2 Å². The lowest BCUT2D eigenvalue weighted by molar-refractivity contribution is -0.179. The molecule has 1 aliphatic rings. The average Bonchev–Trinajstić information content (AvgIpc) is 2.57. The summed E-state index contributed by atoms with van der Waals surface area (Å²) in [5.74, 6) is -5.90. The van der Waals surface area contributed by atoms with Crippen molar-refractivity contribution in [3.05, 3.63) is 0 Å². The van der Waals surface area contributed by atoms with Gasteiger partial charge in [-0.25, -0.2) is 0 Å². The highest BCUT2D eigenvalue weighted by Gasteiger charge is 2.46. The Labute approximate surface area is 179 Å². The summed E-state index contributed by atoms with van der Waals surface area (Å²) in [6, 6.07) is 0. The van der Waals surface area contributed by atoms with E-state index in [1.54, 1.807) is 41.5 Å². The highest BCUT2D eigenvalue weighted by atomic mass is 16.6. The van der Waals surface area contributed by atoms with E-state index in [-0.39, 0.29) is 12.3 Å². The minimum atomic E-state index is -1.51. The number of rotatable bonds is 7. The van der Waals surface area contributed by atoms with Crippen LogP contribution >= 0.6 is 0 Å². The van der Waals surface area contributed by atoms with Crippen LogP contribution in [0.25, 0.3) is 0 Å². The van der Waals surface area contributed by atoms with Crippen LogP contribution in [-0.2, 0) is 33.4 Å². The van der Waals surface area contributed by atoms with Gasteiger partial charge in [0.2, 0.25) is 5.78 Å². The first-order valence-corrected chi connectivity index (χ1v) is 10.5. The highest BCUT2D eigenvalue weighted by molar-refractivity contribution is 6.37. The molecule has 0 radical (unpaired) electrons. The van der Waals surface area contributed by atoms with E-state index in [4.69, 9.17) is 14.2 Å². The molecule has 0 unspecified atom stereocenters. The number of carbonyl (C=O) groups is 4. The molecule has 0 saturated carbocycles. The number of morpholine rings is 1. The number of ether oxygens (including phenoxy) is 3. The molecule has 30 heavy (non-hydrogen) atoms. The van der Waals surface area contributed by atoms with Crippen LogP contribution in [0.2, 0.25) is 0 Å². The molecular formula is C22H37NO7. The maximum atomic E-state index is 13.2. The first kappa shape index (κ1) is 26.1. The predicted octanol–water partition coefficient (Wildman–Crippen LogP) is 2.38. The van der Waals surface area contributed by atoms with Gasteiger partial charge in [0.05, 0.1) is 19.1 Å². The molecule has 1 atom stereocenters. The van der Waals surface area contributed by atoms with Crippen LogP contribution in [0.5, 0.6) is 0 Å². The van der Waals surface area contributed by atoms with E-state index in [9.17, 15) is 19.2 Å². The summed E-state index contributed by atoms with van der Waals surface area (Å²) in [5, 5.41) is 0. The summed E-state index contributed by atoms with van der Waals surface area (Å²) < 4.78 is 16.1. The van der Waals surface area contributed by atoms with E-state index < -0.39 is 46.7 Å². The number of nitrogens with zero attached hydrogens (tertiary/aromatic N) is 1. The number of esters is 2. The van der Waals surface area contributed by atoms with E-state index in [0.29, 0.717) is 26.3 Å². The molecule has 0 aromatic heterocycles. The molecular weight excluding hydrogens is 390 g/mol. The molecule has 1 aliphatic heterocycles. The van der Waals surface area contributed by atoms with Crippen molar-refractivity contribution >= 4 is 23.6 Å². The zero-order chi connectivity index (χ0) is 23.3. The lowest BCUT2D eigenvalue weighted by Gasteiger charge is -2.32. The molecule has 1 amide bonds. The van der Waals surface area contributed by atoms with Crippen LogP contribution < -0.4 is 0 Å². The van der Waals surface area contributed by atoms with E-state index in [1.165, 1.54) is 4.90 Å². The number of ketones is 1. The summed E-state index contributed by atoms with van der Waals surface area (Å²) in [7, 11) is 0. The van der Waals surface area contributed by atoms with Gasteiger partial charge in [0.15, 0.2) is 5.92 Å². The fourth-order valence-corrected chi connectivity index (χ4v) is 3.14. The molecule has 0 N–H and O–H groups in total. The van der Waals surface area contributed by atoms with Crippen LogP contribution in [0.3, 0.4) is 0 Å². The zero-order valence-electron chi connectivity index (χ0n) is 19.6. The fourth-order valence-electron chi connectivity index (χ4n) is 3.14. The van der Waals surface area contributed by atoms with E-state index in [0.717, 1.165) is 0 Å². The van der Waals surface area contributed by atoms with Gasteiger partial charge < -0.3 is 19.1 Å². The first-order chi connectivity index (χ1) is 13.6. The minimum absolute atomic E-state index is 0.0381. The first-order valence-electron chi connectivity index (χ1n) is 10.5. The van der Waals surface area contributed by atoms with Crippen LogP contribution in [0.4, 0.5) is 0 Å². The van der Waals surface area contributed by atoms with Gasteiger partial charge in [-0.15, -0.1) is 0 Å². The molecule has 0 spiro atoms. The maximum absolute atomic E-state index is 13.2. The molecule has 0 aromatic rings. The Morgan fingerprint density at radius 3 is 1.67 bits per heavy atom. The monoisotopic (exact) mass is 427 g/mol. The van der Waals surface area contributed by atoms with Crippen LogP contribution in [-0.4, -0.2) is 66.0 Å². The van der Waals surface area contributed by atoms with Crippen LogP contribution in [0, 0.1) is 17.8 Å². The second-order valence-electron chi connectivity index (χ2n) is 10.0. The largest absolute Gasteiger partial charge is 0.459 e. The third-order valence-corrected chi connectivity index (χ3v) is 4.29. The minimum Gasteiger partial charge on any atom is -0.459 e. The second-order valence-corrected chi connectivity index (χ2v) is 10.0. The maximum Gasteiger partial charge on any atom is 0.321 e. The molecule has 0 aromatic carbocycles.